The standard InChI is InChI=1S/C23H26N2O3/c1-5-14-25-22(26)20(17-8-12-19(13-9-17)28-15(2)3)21(23(25)27)24-18-10-6-16(4)7-11-18/h6-13,15,24H,5,14H2,1-4H3. The number of aryl methyl sites for hydroxylation is 1. The Hall–Kier alpha value is -3.08. The summed E-state index contributed by atoms with van der Waals surface area (Å²) in [7, 11) is 0. The second-order valence-electron chi connectivity index (χ2n) is 7.19. The maximum absolute atomic E-state index is 13.0. The average molecular weight is 378 g/mol. The van der Waals surface area contributed by atoms with Gasteiger partial charge in [0.15, 0.2) is 0 Å². The first-order valence-corrected chi connectivity index (χ1v) is 9.62. The summed E-state index contributed by atoms with van der Waals surface area (Å²) in [6, 6.07) is 15.0. The number of carbonyl (C=O) groups is 2. The first kappa shape index (κ1) is 19.7. The molecule has 1 heterocycles. The summed E-state index contributed by atoms with van der Waals surface area (Å²) in [4.78, 5) is 27.2. The third-order valence-corrected chi connectivity index (χ3v) is 4.45. The molecule has 0 spiro atoms. The fraction of sp³-hybridized carbons (Fsp3) is 0.304. The number of nitrogens with zero attached hydrogens (tertiary/aromatic N) is 1. The van der Waals surface area contributed by atoms with Gasteiger partial charge in [-0.05, 0) is 57.0 Å². The highest BCUT2D eigenvalue weighted by Crippen LogP contribution is 2.31. The molecular formula is C23H26N2O3. The van der Waals surface area contributed by atoms with Crippen LogP contribution < -0.4 is 10.1 Å². The largest absolute Gasteiger partial charge is 0.491 e. The third kappa shape index (κ3) is 4.09. The fourth-order valence-corrected chi connectivity index (χ4v) is 3.14. The van der Waals surface area contributed by atoms with Crippen molar-refractivity contribution in [2.45, 2.75) is 40.2 Å². The molecule has 5 heteroatoms. The molecule has 2 aromatic rings. The smallest absolute Gasteiger partial charge is 0.278 e. The van der Waals surface area contributed by atoms with Crippen LogP contribution in [-0.2, 0) is 9.59 Å². The minimum Gasteiger partial charge on any atom is -0.491 e. The van der Waals surface area contributed by atoms with Gasteiger partial charge in [0.05, 0.1) is 11.7 Å². The molecule has 1 aliphatic rings. The Balaban J connectivity index is 1.99. The maximum atomic E-state index is 13.0. The van der Waals surface area contributed by atoms with Crippen LogP contribution in [0.1, 0.15) is 38.3 Å². The van der Waals surface area contributed by atoms with Crippen molar-refractivity contribution in [3.63, 3.8) is 0 Å². The number of hydrogen-bond acceptors (Lipinski definition) is 4. The lowest BCUT2D eigenvalue weighted by atomic mass is 10.0. The fourth-order valence-electron chi connectivity index (χ4n) is 3.14. The number of hydrogen-bond donors (Lipinski definition) is 1. The average Bonchev–Trinajstić information content (AvgIpc) is 2.89. The molecule has 1 aliphatic heterocycles. The highest BCUT2D eigenvalue weighted by Gasteiger charge is 2.38. The van der Waals surface area contributed by atoms with Crippen LogP contribution in [0.25, 0.3) is 5.57 Å². The molecule has 0 saturated carbocycles. The van der Waals surface area contributed by atoms with E-state index in [2.05, 4.69) is 5.32 Å². The van der Waals surface area contributed by atoms with Crippen molar-refractivity contribution >= 4 is 23.1 Å². The lowest BCUT2D eigenvalue weighted by Gasteiger charge is -2.14. The number of ether oxygens (including phenoxy) is 1. The van der Waals surface area contributed by atoms with Gasteiger partial charge >= 0.3 is 0 Å². The Morgan fingerprint density at radius 1 is 0.964 bits per heavy atom. The molecular weight excluding hydrogens is 352 g/mol. The summed E-state index contributed by atoms with van der Waals surface area (Å²) < 4.78 is 5.68. The zero-order valence-corrected chi connectivity index (χ0v) is 16.8. The van der Waals surface area contributed by atoms with E-state index >= 15 is 0 Å². The molecule has 0 saturated heterocycles. The second kappa shape index (κ2) is 8.30. The maximum Gasteiger partial charge on any atom is 0.278 e. The van der Waals surface area contributed by atoms with E-state index in [0.29, 0.717) is 29.8 Å². The van der Waals surface area contributed by atoms with Crippen molar-refractivity contribution < 1.29 is 14.3 Å². The van der Waals surface area contributed by atoms with Gasteiger partial charge in [0.1, 0.15) is 11.4 Å². The molecule has 0 bridgehead atoms. The Labute approximate surface area is 166 Å². The number of rotatable bonds is 7. The van der Waals surface area contributed by atoms with Gasteiger partial charge in [-0.3, -0.25) is 14.5 Å². The summed E-state index contributed by atoms with van der Waals surface area (Å²) in [6.45, 7) is 8.27. The van der Waals surface area contributed by atoms with Crippen molar-refractivity contribution in [3.8, 4) is 5.75 Å². The summed E-state index contributed by atoms with van der Waals surface area (Å²) in [5.74, 6) is 0.179. The summed E-state index contributed by atoms with van der Waals surface area (Å²) in [5, 5.41) is 3.17. The van der Waals surface area contributed by atoms with Crippen LogP contribution in [0.2, 0.25) is 0 Å². The van der Waals surface area contributed by atoms with Crippen LogP contribution >= 0.6 is 0 Å². The van der Waals surface area contributed by atoms with Gasteiger partial charge in [-0.25, -0.2) is 0 Å². The van der Waals surface area contributed by atoms with E-state index in [0.717, 1.165) is 17.0 Å². The molecule has 1 N–H and O–H groups in total. The molecule has 0 atom stereocenters. The molecule has 28 heavy (non-hydrogen) atoms. The SMILES string of the molecule is CCCN1C(=O)C(Nc2ccc(C)cc2)=C(c2ccc(OC(C)C)cc2)C1=O. The Morgan fingerprint density at radius 2 is 1.61 bits per heavy atom. The van der Waals surface area contributed by atoms with Crippen LogP contribution in [0.3, 0.4) is 0 Å². The Kier molecular flexibility index (Phi) is 5.83. The number of carbonyl (C=O) groups excluding carboxylic acids is 2. The van der Waals surface area contributed by atoms with E-state index in [1.807, 2.05) is 76.2 Å². The Morgan fingerprint density at radius 3 is 2.18 bits per heavy atom. The highest BCUT2D eigenvalue weighted by atomic mass is 16.5. The van der Waals surface area contributed by atoms with Crippen molar-refractivity contribution in [2.75, 3.05) is 11.9 Å². The molecule has 5 nitrogen and oxygen atoms in total. The summed E-state index contributed by atoms with van der Waals surface area (Å²) in [6.07, 6.45) is 0.780. The predicted molar refractivity (Wildman–Crippen MR) is 111 cm³/mol. The van der Waals surface area contributed by atoms with E-state index in [9.17, 15) is 9.59 Å². The summed E-state index contributed by atoms with van der Waals surface area (Å²) in [5.41, 5.74) is 3.32. The van der Waals surface area contributed by atoms with Crippen LogP contribution in [0.5, 0.6) is 5.75 Å². The zero-order valence-electron chi connectivity index (χ0n) is 16.8. The number of amides is 2. The van der Waals surface area contributed by atoms with Crippen LogP contribution in [0.4, 0.5) is 5.69 Å². The lowest BCUT2D eigenvalue weighted by molar-refractivity contribution is -0.136. The molecule has 0 radical (unpaired) electrons. The van der Waals surface area contributed by atoms with E-state index in [4.69, 9.17) is 4.74 Å². The van der Waals surface area contributed by atoms with Crippen LogP contribution in [0.15, 0.2) is 54.2 Å². The highest BCUT2D eigenvalue weighted by molar-refractivity contribution is 6.36. The van der Waals surface area contributed by atoms with E-state index in [-0.39, 0.29) is 17.9 Å². The van der Waals surface area contributed by atoms with Crippen molar-refractivity contribution in [1.82, 2.24) is 4.90 Å². The molecule has 3 rings (SSSR count). The van der Waals surface area contributed by atoms with Gasteiger partial charge in [0, 0.05) is 12.2 Å². The minimum atomic E-state index is -0.287. The molecule has 0 unspecified atom stereocenters. The van der Waals surface area contributed by atoms with Crippen molar-refractivity contribution in [2.24, 2.45) is 0 Å². The first-order valence-electron chi connectivity index (χ1n) is 9.62. The predicted octanol–water partition coefficient (Wildman–Crippen LogP) is 4.38. The van der Waals surface area contributed by atoms with E-state index < -0.39 is 0 Å². The monoisotopic (exact) mass is 378 g/mol. The van der Waals surface area contributed by atoms with Crippen molar-refractivity contribution in [3.05, 3.63) is 65.4 Å². The molecule has 0 aliphatic carbocycles. The third-order valence-electron chi connectivity index (χ3n) is 4.45. The number of benzene rings is 2. The second-order valence-corrected chi connectivity index (χ2v) is 7.19. The van der Waals surface area contributed by atoms with Gasteiger partial charge in [-0.15, -0.1) is 0 Å². The van der Waals surface area contributed by atoms with Crippen LogP contribution in [-0.4, -0.2) is 29.4 Å². The number of anilines is 1. The normalized spacial score (nSPS) is 14.2. The minimum absolute atomic E-state index is 0.0681. The topological polar surface area (TPSA) is 58.6 Å². The van der Waals surface area contributed by atoms with Crippen molar-refractivity contribution in [1.29, 1.82) is 0 Å². The molecule has 0 aromatic heterocycles. The van der Waals surface area contributed by atoms with Gasteiger partial charge in [0.2, 0.25) is 0 Å². The van der Waals surface area contributed by atoms with E-state index in [1.54, 1.807) is 0 Å². The quantitative estimate of drug-likeness (QED) is 0.726. The zero-order chi connectivity index (χ0) is 20.3. The van der Waals surface area contributed by atoms with Crippen LogP contribution in [0, 0.1) is 6.92 Å². The molecule has 0 fully saturated rings. The molecule has 2 aromatic carbocycles. The van der Waals surface area contributed by atoms with Gasteiger partial charge < -0.3 is 10.1 Å². The van der Waals surface area contributed by atoms with E-state index in [1.165, 1.54) is 4.90 Å². The lowest BCUT2D eigenvalue weighted by Crippen LogP contribution is -2.33. The van der Waals surface area contributed by atoms with Gasteiger partial charge in [0.25, 0.3) is 11.8 Å². The van der Waals surface area contributed by atoms with Gasteiger partial charge in [-0.2, -0.15) is 0 Å². The molecule has 2 amide bonds. The summed E-state index contributed by atoms with van der Waals surface area (Å²) >= 11 is 0. The van der Waals surface area contributed by atoms with Gasteiger partial charge in [-0.1, -0.05) is 36.8 Å². The first-order chi connectivity index (χ1) is 13.4. The molecule has 146 valence electrons. The number of imide groups is 1. The Bertz CT molecular complexity index is 896. The number of nitrogens with one attached hydrogen (secondary N) is 1.